The minimum absolute atomic E-state index is 0.0342. The smallest absolute Gasteiger partial charge is 0.260 e. The molecule has 0 unspecified atom stereocenters. The number of hydrogen-bond donors (Lipinski definition) is 1. The van der Waals surface area contributed by atoms with Gasteiger partial charge in [0.25, 0.3) is 5.91 Å². The number of carbonyl (C=O) groups is 1. The molecule has 2 heterocycles. The molecule has 1 N–H and O–H groups in total. The van der Waals surface area contributed by atoms with Gasteiger partial charge in [-0.25, -0.2) is 0 Å². The van der Waals surface area contributed by atoms with Crippen molar-refractivity contribution in [3.05, 3.63) is 58.8 Å². The first-order chi connectivity index (χ1) is 14.4. The third-order valence-corrected chi connectivity index (χ3v) is 4.98. The first kappa shape index (κ1) is 20.0. The number of hydrogen-bond acceptors (Lipinski definition) is 6. The lowest BCUT2D eigenvalue weighted by atomic mass is 10.1. The molecule has 7 heteroatoms. The number of benzene rings is 2. The van der Waals surface area contributed by atoms with Gasteiger partial charge in [-0.15, -0.1) is 0 Å². The molecule has 0 aliphatic carbocycles. The third kappa shape index (κ3) is 4.16. The van der Waals surface area contributed by atoms with Crippen LogP contribution in [-0.4, -0.2) is 47.8 Å². The van der Waals surface area contributed by atoms with E-state index in [9.17, 15) is 14.7 Å². The number of nitrogens with zero attached hydrogens (tertiary/aromatic N) is 1. The Labute approximate surface area is 173 Å². The van der Waals surface area contributed by atoms with Crippen LogP contribution in [0.25, 0.3) is 22.3 Å². The van der Waals surface area contributed by atoms with Crippen molar-refractivity contribution in [1.82, 2.24) is 4.90 Å². The summed E-state index contributed by atoms with van der Waals surface area (Å²) in [4.78, 5) is 26.7. The van der Waals surface area contributed by atoms with E-state index < -0.39 is 0 Å². The quantitative estimate of drug-likeness (QED) is 0.712. The first-order valence-corrected chi connectivity index (χ1v) is 9.83. The summed E-state index contributed by atoms with van der Waals surface area (Å²) in [5, 5.41) is 10.4. The number of fused-ring (bicyclic) bond motifs is 1. The lowest BCUT2D eigenvalue weighted by Gasteiger charge is -2.35. The summed E-state index contributed by atoms with van der Waals surface area (Å²) in [6.45, 7) is 4.66. The second kappa shape index (κ2) is 8.20. The average Bonchev–Trinajstić information content (AvgIpc) is 2.71. The summed E-state index contributed by atoms with van der Waals surface area (Å²) in [5.74, 6) is 0.209. The molecule has 1 aliphatic heterocycles. The maximum Gasteiger partial charge on any atom is 0.260 e. The van der Waals surface area contributed by atoms with Gasteiger partial charge < -0.3 is 23.9 Å². The molecule has 1 aliphatic rings. The minimum atomic E-state index is -0.355. The molecular formula is C23H23NO6. The highest BCUT2D eigenvalue weighted by atomic mass is 16.5. The summed E-state index contributed by atoms with van der Waals surface area (Å²) in [5.41, 5.74) is 0.581. The van der Waals surface area contributed by atoms with Crippen LogP contribution in [0.1, 0.15) is 13.8 Å². The fourth-order valence-electron chi connectivity index (χ4n) is 3.69. The molecule has 2 aromatic carbocycles. The Morgan fingerprint density at radius 1 is 1.13 bits per heavy atom. The molecule has 4 rings (SSSR count). The topological polar surface area (TPSA) is 89.2 Å². The lowest BCUT2D eigenvalue weighted by Crippen LogP contribution is -2.49. The van der Waals surface area contributed by atoms with Crippen molar-refractivity contribution in [2.45, 2.75) is 26.1 Å². The lowest BCUT2D eigenvalue weighted by molar-refractivity contribution is -0.145. The van der Waals surface area contributed by atoms with Crippen LogP contribution < -0.4 is 10.2 Å². The van der Waals surface area contributed by atoms with E-state index in [1.165, 1.54) is 18.2 Å². The second-order valence-corrected chi connectivity index (χ2v) is 7.50. The van der Waals surface area contributed by atoms with Crippen LogP contribution in [0, 0.1) is 0 Å². The molecule has 1 saturated heterocycles. The number of aromatic hydroxyl groups is 1. The van der Waals surface area contributed by atoms with E-state index in [-0.39, 0.29) is 52.6 Å². The highest BCUT2D eigenvalue weighted by Gasteiger charge is 2.26. The van der Waals surface area contributed by atoms with Crippen LogP contribution >= 0.6 is 0 Å². The Balaban J connectivity index is 1.57. The molecule has 0 bridgehead atoms. The van der Waals surface area contributed by atoms with E-state index in [0.29, 0.717) is 18.8 Å². The summed E-state index contributed by atoms with van der Waals surface area (Å²) >= 11 is 0. The molecule has 156 valence electrons. The molecule has 0 radical (unpaired) electrons. The normalized spacial score (nSPS) is 19.1. The second-order valence-electron chi connectivity index (χ2n) is 7.50. The Hall–Kier alpha value is -3.32. The number of phenols is 1. The fraction of sp³-hybridized carbons (Fsp3) is 0.304. The number of rotatable bonds is 4. The largest absolute Gasteiger partial charge is 0.507 e. The van der Waals surface area contributed by atoms with Crippen molar-refractivity contribution in [3.63, 3.8) is 0 Å². The highest BCUT2D eigenvalue weighted by molar-refractivity contribution is 5.86. The zero-order chi connectivity index (χ0) is 21.3. The maximum absolute atomic E-state index is 12.5. The number of amides is 1. The van der Waals surface area contributed by atoms with Gasteiger partial charge in [-0.1, -0.05) is 30.3 Å². The van der Waals surface area contributed by atoms with Gasteiger partial charge in [0.2, 0.25) is 0 Å². The summed E-state index contributed by atoms with van der Waals surface area (Å²) < 4.78 is 17.1. The molecule has 30 heavy (non-hydrogen) atoms. The number of ether oxygens (including phenoxy) is 2. The molecule has 1 amide bonds. The minimum Gasteiger partial charge on any atom is -0.507 e. The van der Waals surface area contributed by atoms with E-state index in [1.807, 2.05) is 44.2 Å². The van der Waals surface area contributed by atoms with Gasteiger partial charge >= 0.3 is 0 Å². The maximum atomic E-state index is 12.5. The van der Waals surface area contributed by atoms with Gasteiger partial charge in [-0.3, -0.25) is 9.59 Å². The Bertz CT molecular complexity index is 1110. The van der Waals surface area contributed by atoms with Gasteiger partial charge in [0.15, 0.2) is 12.0 Å². The number of carbonyl (C=O) groups excluding carboxylic acids is 1. The predicted molar refractivity (Wildman–Crippen MR) is 112 cm³/mol. The van der Waals surface area contributed by atoms with Gasteiger partial charge in [-0.05, 0) is 13.8 Å². The van der Waals surface area contributed by atoms with Gasteiger partial charge in [0.05, 0.1) is 12.2 Å². The molecule has 1 aromatic heterocycles. The van der Waals surface area contributed by atoms with E-state index in [4.69, 9.17) is 13.9 Å². The van der Waals surface area contributed by atoms with Crippen LogP contribution in [0.5, 0.6) is 11.5 Å². The summed E-state index contributed by atoms with van der Waals surface area (Å²) in [7, 11) is 0. The molecule has 2 atom stereocenters. The first-order valence-electron chi connectivity index (χ1n) is 9.83. The van der Waals surface area contributed by atoms with Gasteiger partial charge in [0, 0.05) is 36.9 Å². The number of morpholine rings is 1. The Morgan fingerprint density at radius 2 is 1.83 bits per heavy atom. The predicted octanol–water partition coefficient (Wildman–Crippen LogP) is 3.18. The van der Waals surface area contributed by atoms with Crippen molar-refractivity contribution in [2.75, 3.05) is 19.7 Å². The molecule has 3 aromatic rings. The molecule has 1 fully saturated rings. The Morgan fingerprint density at radius 3 is 2.53 bits per heavy atom. The van der Waals surface area contributed by atoms with Crippen molar-refractivity contribution in [2.24, 2.45) is 0 Å². The van der Waals surface area contributed by atoms with Crippen LogP contribution in [0.3, 0.4) is 0 Å². The zero-order valence-corrected chi connectivity index (χ0v) is 16.8. The Kier molecular flexibility index (Phi) is 5.46. The van der Waals surface area contributed by atoms with Crippen LogP contribution in [0.15, 0.2) is 57.7 Å². The average molecular weight is 409 g/mol. The standard InChI is InChI=1S/C23H23NO6/c1-14-11-24(12-15(2)29-14)22(27)13-28-17-8-18(25)23-19(26)10-20(30-21(23)9-17)16-6-4-3-5-7-16/h3-10,14-15,25H,11-13H2,1-2H3/t14-,15-/m1/s1. The third-order valence-electron chi connectivity index (χ3n) is 4.98. The summed E-state index contributed by atoms with van der Waals surface area (Å²) in [6.07, 6.45) is -0.0683. The van der Waals surface area contributed by atoms with Gasteiger partial charge in [0.1, 0.15) is 28.2 Å². The van der Waals surface area contributed by atoms with E-state index in [0.717, 1.165) is 5.56 Å². The van der Waals surface area contributed by atoms with Gasteiger partial charge in [-0.2, -0.15) is 0 Å². The van der Waals surface area contributed by atoms with Crippen LogP contribution in [0.4, 0.5) is 0 Å². The van der Waals surface area contributed by atoms with Crippen molar-refractivity contribution < 1.29 is 23.8 Å². The van der Waals surface area contributed by atoms with E-state index >= 15 is 0 Å². The monoisotopic (exact) mass is 409 g/mol. The zero-order valence-electron chi connectivity index (χ0n) is 16.8. The van der Waals surface area contributed by atoms with E-state index in [2.05, 4.69) is 0 Å². The van der Waals surface area contributed by atoms with Crippen molar-refractivity contribution in [3.8, 4) is 22.8 Å². The number of phenolic OH excluding ortho intramolecular Hbond substituents is 1. The van der Waals surface area contributed by atoms with Crippen molar-refractivity contribution in [1.29, 1.82) is 0 Å². The van der Waals surface area contributed by atoms with Crippen LogP contribution in [0.2, 0.25) is 0 Å². The fourth-order valence-corrected chi connectivity index (χ4v) is 3.69. The SMILES string of the molecule is C[C@@H]1CN(C(=O)COc2cc(O)c3c(=O)cc(-c4ccccc4)oc3c2)C[C@@H](C)O1. The van der Waals surface area contributed by atoms with Crippen LogP contribution in [-0.2, 0) is 9.53 Å². The molecule has 0 spiro atoms. The molecule has 0 saturated carbocycles. The van der Waals surface area contributed by atoms with Crippen molar-refractivity contribution >= 4 is 16.9 Å². The highest BCUT2D eigenvalue weighted by Crippen LogP contribution is 2.31. The van der Waals surface area contributed by atoms with E-state index in [1.54, 1.807) is 4.90 Å². The summed E-state index contributed by atoms with van der Waals surface area (Å²) in [6, 6.07) is 13.4. The molecule has 7 nitrogen and oxygen atoms in total. The molecular weight excluding hydrogens is 386 g/mol.